The predicted molar refractivity (Wildman–Crippen MR) is 85.2 cm³/mol. The molecule has 1 aromatic carbocycles. The molecule has 3 N–H and O–H groups in total. The minimum absolute atomic E-state index is 0.410. The average Bonchev–Trinajstić information content (AvgIpc) is 2.76. The summed E-state index contributed by atoms with van der Waals surface area (Å²) >= 11 is 7.60. The molecular formula is C13H18N2S3. The van der Waals surface area contributed by atoms with Crippen LogP contribution >= 0.6 is 36.3 Å². The number of nitrogens with one attached hydrogen (secondary N) is 1. The van der Waals surface area contributed by atoms with Gasteiger partial charge in [0.05, 0.1) is 5.69 Å². The lowest BCUT2D eigenvalue weighted by atomic mass is 9.83. The van der Waals surface area contributed by atoms with Crippen molar-refractivity contribution in [1.82, 2.24) is 0 Å². The molecule has 1 aliphatic heterocycles. The first-order valence-electron chi connectivity index (χ1n) is 6.42. The van der Waals surface area contributed by atoms with Crippen LogP contribution in [0.5, 0.6) is 0 Å². The number of anilines is 1. The van der Waals surface area contributed by atoms with E-state index in [-0.39, 0.29) is 0 Å². The largest absolute Gasteiger partial charge is 0.352 e. The molecule has 3 rings (SSSR count). The normalized spacial score (nSPS) is 27.9. The highest BCUT2D eigenvalue weighted by atomic mass is 32.3. The SMILES string of the molecule is NSC1(S)Nc2c(cccc2C2CCCCC2)S1. The minimum Gasteiger partial charge on any atom is -0.352 e. The first kappa shape index (κ1) is 13.0. The lowest BCUT2D eigenvalue weighted by Gasteiger charge is -2.25. The summed E-state index contributed by atoms with van der Waals surface area (Å²) < 4.78 is -0.410. The molecule has 2 nitrogen and oxygen atoms in total. The van der Waals surface area contributed by atoms with Crippen molar-refractivity contribution in [2.45, 2.75) is 46.5 Å². The van der Waals surface area contributed by atoms with E-state index in [1.165, 1.54) is 60.2 Å². The van der Waals surface area contributed by atoms with Gasteiger partial charge >= 0.3 is 0 Å². The number of benzene rings is 1. The average molecular weight is 299 g/mol. The van der Waals surface area contributed by atoms with Gasteiger partial charge in [-0.05, 0) is 42.3 Å². The van der Waals surface area contributed by atoms with Gasteiger partial charge in [-0.2, -0.15) is 0 Å². The molecule has 1 unspecified atom stereocenters. The lowest BCUT2D eigenvalue weighted by Crippen LogP contribution is -2.21. The van der Waals surface area contributed by atoms with Crippen LogP contribution in [0.1, 0.15) is 43.6 Å². The molecule has 5 heteroatoms. The van der Waals surface area contributed by atoms with Crippen molar-refractivity contribution in [2.75, 3.05) is 5.32 Å². The van der Waals surface area contributed by atoms with E-state index in [1.54, 1.807) is 11.8 Å². The Morgan fingerprint density at radius 2 is 2.11 bits per heavy atom. The van der Waals surface area contributed by atoms with E-state index in [2.05, 4.69) is 36.1 Å². The van der Waals surface area contributed by atoms with Crippen molar-refractivity contribution in [2.24, 2.45) is 5.14 Å². The maximum Gasteiger partial charge on any atom is 0.194 e. The van der Waals surface area contributed by atoms with Crippen LogP contribution < -0.4 is 10.5 Å². The minimum atomic E-state index is -0.410. The number of thioether (sulfide) groups is 1. The molecule has 0 saturated heterocycles. The van der Waals surface area contributed by atoms with E-state index in [4.69, 9.17) is 5.14 Å². The third-order valence-electron chi connectivity index (χ3n) is 3.79. The van der Waals surface area contributed by atoms with Crippen LogP contribution in [-0.2, 0) is 0 Å². The predicted octanol–water partition coefficient (Wildman–Crippen LogP) is 4.40. The van der Waals surface area contributed by atoms with Crippen molar-refractivity contribution in [1.29, 1.82) is 0 Å². The van der Waals surface area contributed by atoms with Crippen molar-refractivity contribution < 1.29 is 0 Å². The van der Waals surface area contributed by atoms with Gasteiger partial charge in [0.15, 0.2) is 3.54 Å². The molecule has 1 aliphatic carbocycles. The van der Waals surface area contributed by atoms with Crippen molar-refractivity contribution in [3.63, 3.8) is 0 Å². The summed E-state index contributed by atoms with van der Waals surface area (Å²) in [7, 11) is 0. The smallest absolute Gasteiger partial charge is 0.194 e. The van der Waals surface area contributed by atoms with Crippen LogP contribution in [-0.4, -0.2) is 3.54 Å². The first-order valence-corrected chi connectivity index (χ1v) is 8.56. The van der Waals surface area contributed by atoms with E-state index in [1.807, 2.05) is 0 Å². The second-order valence-corrected chi connectivity index (χ2v) is 8.62. The van der Waals surface area contributed by atoms with Gasteiger partial charge in [-0.15, -0.1) is 12.6 Å². The van der Waals surface area contributed by atoms with E-state index >= 15 is 0 Å². The number of hydrogen-bond acceptors (Lipinski definition) is 5. The Bertz CT molecular complexity index is 446. The molecule has 0 aromatic heterocycles. The summed E-state index contributed by atoms with van der Waals surface area (Å²) in [6, 6.07) is 6.59. The standard InChI is InChI=1S/C13H18N2S3/c14-18-13(16)15-12-10(7-4-8-11(12)17-13)9-5-2-1-3-6-9/h4,7-9,15-16H,1-3,5-6,14H2. The van der Waals surface area contributed by atoms with Crippen LogP contribution in [0.2, 0.25) is 0 Å². The summed E-state index contributed by atoms with van der Waals surface area (Å²) in [5.74, 6) is 0.709. The van der Waals surface area contributed by atoms with Crippen molar-refractivity contribution >= 4 is 42.0 Å². The summed E-state index contributed by atoms with van der Waals surface area (Å²) in [6.07, 6.45) is 6.75. The van der Waals surface area contributed by atoms with Gasteiger partial charge in [0.1, 0.15) is 0 Å². The summed E-state index contributed by atoms with van der Waals surface area (Å²) in [5, 5.41) is 9.22. The Morgan fingerprint density at radius 1 is 1.33 bits per heavy atom. The molecule has 98 valence electrons. The fourth-order valence-electron chi connectivity index (χ4n) is 2.91. The molecule has 1 atom stereocenters. The molecule has 0 bridgehead atoms. The number of fused-ring (bicyclic) bond motifs is 1. The van der Waals surface area contributed by atoms with Gasteiger partial charge in [0.2, 0.25) is 0 Å². The number of thiol groups is 1. The van der Waals surface area contributed by atoms with Gasteiger partial charge in [0.25, 0.3) is 0 Å². The van der Waals surface area contributed by atoms with E-state index in [0.29, 0.717) is 5.92 Å². The zero-order chi connectivity index (χ0) is 12.6. The second kappa shape index (κ2) is 5.19. The topological polar surface area (TPSA) is 38.0 Å². The highest BCUT2D eigenvalue weighted by Gasteiger charge is 2.36. The summed E-state index contributed by atoms with van der Waals surface area (Å²) in [4.78, 5) is 1.28. The Morgan fingerprint density at radius 3 is 2.83 bits per heavy atom. The molecule has 18 heavy (non-hydrogen) atoms. The lowest BCUT2D eigenvalue weighted by molar-refractivity contribution is 0.444. The number of nitrogens with two attached hydrogens (primary N) is 1. The van der Waals surface area contributed by atoms with Gasteiger partial charge in [-0.1, -0.05) is 43.2 Å². The van der Waals surface area contributed by atoms with Gasteiger partial charge in [0, 0.05) is 4.90 Å². The number of para-hydroxylation sites is 1. The zero-order valence-corrected chi connectivity index (χ0v) is 12.7. The Balaban J connectivity index is 1.92. The Labute approximate surface area is 122 Å². The van der Waals surface area contributed by atoms with Crippen molar-refractivity contribution in [3.05, 3.63) is 23.8 Å². The van der Waals surface area contributed by atoms with E-state index < -0.39 is 3.54 Å². The van der Waals surface area contributed by atoms with Gasteiger partial charge < -0.3 is 5.32 Å². The molecule has 1 heterocycles. The number of rotatable bonds is 2. The molecule has 1 fully saturated rings. The fourth-order valence-corrected chi connectivity index (χ4v) is 4.81. The summed E-state index contributed by atoms with van der Waals surface area (Å²) in [6.45, 7) is 0. The van der Waals surface area contributed by atoms with Gasteiger partial charge in [-0.25, -0.2) is 0 Å². The number of hydrogen-bond donors (Lipinski definition) is 3. The molecule has 0 radical (unpaired) electrons. The molecule has 1 aromatic rings. The first-order chi connectivity index (χ1) is 8.72. The highest BCUT2D eigenvalue weighted by Crippen LogP contribution is 2.54. The molecule has 0 amide bonds. The van der Waals surface area contributed by atoms with Crippen LogP contribution in [0.15, 0.2) is 23.1 Å². The molecule has 1 saturated carbocycles. The van der Waals surface area contributed by atoms with E-state index in [9.17, 15) is 0 Å². The Hall–Kier alpha value is 0.0300. The zero-order valence-electron chi connectivity index (χ0n) is 10.2. The Kier molecular flexibility index (Phi) is 3.76. The van der Waals surface area contributed by atoms with Crippen LogP contribution in [0.4, 0.5) is 5.69 Å². The highest BCUT2D eigenvalue weighted by molar-refractivity contribution is 8.29. The van der Waals surface area contributed by atoms with Gasteiger partial charge in [-0.3, -0.25) is 5.14 Å². The molecular weight excluding hydrogens is 280 g/mol. The maximum atomic E-state index is 5.73. The van der Waals surface area contributed by atoms with Crippen LogP contribution in [0.3, 0.4) is 0 Å². The second-order valence-electron chi connectivity index (χ2n) is 4.98. The summed E-state index contributed by atoms with van der Waals surface area (Å²) in [5.41, 5.74) is 2.73. The van der Waals surface area contributed by atoms with Crippen LogP contribution in [0.25, 0.3) is 0 Å². The van der Waals surface area contributed by atoms with E-state index in [0.717, 1.165) is 0 Å². The maximum absolute atomic E-state index is 5.73. The molecule has 2 aliphatic rings. The fraction of sp³-hybridized carbons (Fsp3) is 0.538. The van der Waals surface area contributed by atoms with Crippen molar-refractivity contribution in [3.8, 4) is 0 Å². The van der Waals surface area contributed by atoms with Crippen LogP contribution in [0, 0.1) is 0 Å². The molecule has 0 spiro atoms. The third kappa shape index (κ3) is 2.38. The monoisotopic (exact) mass is 298 g/mol. The quantitative estimate of drug-likeness (QED) is 0.430. The third-order valence-corrected chi connectivity index (χ3v) is 6.40.